The Labute approximate surface area is 174 Å². The summed E-state index contributed by atoms with van der Waals surface area (Å²) >= 11 is 6.13. The Morgan fingerprint density at radius 1 is 1.31 bits per heavy atom. The molecule has 1 saturated carbocycles. The minimum Gasteiger partial charge on any atom is -0.444 e. The monoisotopic (exact) mass is 417 g/mol. The van der Waals surface area contributed by atoms with Crippen molar-refractivity contribution in [1.29, 1.82) is 0 Å². The van der Waals surface area contributed by atoms with Gasteiger partial charge in [0.2, 0.25) is 0 Å². The van der Waals surface area contributed by atoms with E-state index in [0.717, 1.165) is 0 Å². The van der Waals surface area contributed by atoms with Gasteiger partial charge in [0.25, 0.3) is 0 Å². The second-order valence-electron chi connectivity index (χ2n) is 8.33. The van der Waals surface area contributed by atoms with Crippen molar-refractivity contribution in [3.8, 4) is 11.8 Å². The predicted molar refractivity (Wildman–Crippen MR) is 111 cm³/mol. The fourth-order valence-electron chi connectivity index (χ4n) is 3.26. The molecule has 0 bridgehead atoms. The molecule has 0 radical (unpaired) electrons. The summed E-state index contributed by atoms with van der Waals surface area (Å²) in [5.41, 5.74) is -1.42. The Morgan fingerprint density at radius 3 is 2.66 bits per heavy atom. The lowest BCUT2D eigenvalue weighted by molar-refractivity contribution is 0.0343. The molecule has 6 nitrogen and oxygen atoms in total. The maximum atomic E-state index is 11.9. The highest BCUT2D eigenvalue weighted by Crippen LogP contribution is 2.29. The van der Waals surface area contributed by atoms with Crippen molar-refractivity contribution in [2.45, 2.75) is 63.7 Å². The molecule has 0 spiro atoms. The highest BCUT2D eigenvalue weighted by Gasteiger charge is 2.33. The van der Waals surface area contributed by atoms with Crippen LogP contribution in [0.25, 0.3) is 11.0 Å². The Bertz CT molecular complexity index is 1030. The van der Waals surface area contributed by atoms with Crippen LogP contribution >= 0.6 is 11.6 Å². The van der Waals surface area contributed by atoms with Gasteiger partial charge < -0.3 is 19.6 Å². The van der Waals surface area contributed by atoms with Crippen LogP contribution < -0.4 is 10.9 Å². The molecule has 0 atom stereocenters. The molecule has 1 aromatic heterocycles. The number of carbonyl (C=O) groups excluding carboxylic acids is 1. The first kappa shape index (κ1) is 21.2. The van der Waals surface area contributed by atoms with E-state index in [0.29, 0.717) is 47.2 Å². The molecule has 7 heteroatoms. The van der Waals surface area contributed by atoms with E-state index in [1.165, 1.54) is 6.07 Å². The van der Waals surface area contributed by atoms with Crippen LogP contribution in [0.1, 0.15) is 52.0 Å². The second-order valence-corrected chi connectivity index (χ2v) is 8.76. The fourth-order valence-corrected chi connectivity index (χ4v) is 3.49. The third-order valence-electron chi connectivity index (χ3n) is 4.65. The summed E-state index contributed by atoms with van der Waals surface area (Å²) in [5.74, 6) is 5.83. The van der Waals surface area contributed by atoms with Gasteiger partial charge in [-0.1, -0.05) is 23.4 Å². The van der Waals surface area contributed by atoms with Gasteiger partial charge in [-0.05, 0) is 64.7 Å². The lowest BCUT2D eigenvalue weighted by atomic mass is 9.82. The first-order valence-corrected chi connectivity index (χ1v) is 9.89. The molecule has 29 heavy (non-hydrogen) atoms. The molecule has 1 heterocycles. The molecule has 1 aliphatic carbocycles. The van der Waals surface area contributed by atoms with E-state index in [1.807, 2.05) is 20.8 Å². The minimum absolute atomic E-state index is 0.0723. The first-order valence-electron chi connectivity index (χ1n) is 9.51. The average Bonchev–Trinajstić information content (AvgIpc) is 2.61. The van der Waals surface area contributed by atoms with Crippen LogP contribution in [0.2, 0.25) is 5.02 Å². The number of hydrogen-bond acceptors (Lipinski definition) is 5. The van der Waals surface area contributed by atoms with Crippen LogP contribution in [0, 0.1) is 11.8 Å². The van der Waals surface area contributed by atoms with Gasteiger partial charge >= 0.3 is 11.7 Å². The van der Waals surface area contributed by atoms with E-state index in [4.69, 9.17) is 20.8 Å². The summed E-state index contributed by atoms with van der Waals surface area (Å²) in [6.45, 7) is 5.43. The Morgan fingerprint density at radius 2 is 2.00 bits per heavy atom. The van der Waals surface area contributed by atoms with Crippen LogP contribution in [0.4, 0.5) is 4.79 Å². The SMILES string of the molecule is CC(C)(C)OC(=O)N[C@H]1CC[C@@](O)(C#Cc2cc(Cl)cc3ccc(=O)oc23)CC1. The van der Waals surface area contributed by atoms with Crippen molar-refractivity contribution in [3.63, 3.8) is 0 Å². The molecule has 2 aromatic rings. The topological polar surface area (TPSA) is 88.8 Å². The second kappa shape index (κ2) is 8.10. The van der Waals surface area contributed by atoms with Crippen molar-refractivity contribution in [2.75, 3.05) is 0 Å². The first-order chi connectivity index (χ1) is 13.5. The summed E-state index contributed by atoms with van der Waals surface area (Å²) in [4.78, 5) is 23.5. The predicted octanol–water partition coefficient (Wildman–Crippen LogP) is 4.00. The van der Waals surface area contributed by atoms with Crippen LogP contribution in [0.3, 0.4) is 0 Å². The molecule has 1 aromatic carbocycles. The number of rotatable bonds is 1. The minimum atomic E-state index is -1.18. The molecule has 0 saturated heterocycles. The van der Waals surface area contributed by atoms with Crippen molar-refractivity contribution < 1.29 is 19.1 Å². The number of fused-ring (bicyclic) bond motifs is 1. The highest BCUT2D eigenvalue weighted by atomic mass is 35.5. The molecule has 3 rings (SSSR count). The van der Waals surface area contributed by atoms with Gasteiger partial charge in [-0.15, -0.1) is 0 Å². The van der Waals surface area contributed by atoms with E-state index < -0.39 is 22.9 Å². The number of carbonyl (C=O) groups is 1. The number of alkyl carbamates (subject to hydrolysis) is 1. The summed E-state index contributed by atoms with van der Waals surface area (Å²) in [7, 11) is 0. The van der Waals surface area contributed by atoms with E-state index in [-0.39, 0.29) is 6.04 Å². The highest BCUT2D eigenvalue weighted by molar-refractivity contribution is 6.31. The third-order valence-corrected chi connectivity index (χ3v) is 4.87. The summed E-state index contributed by atoms with van der Waals surface area (Å²) in [5, 5.41) is 14.8. The molecule has 1 amide bonds. The van der Waals surface area contributed by atoms with Gasteiger partial charge in [0.1, 0.15) is 11.2 Å². The van der Waals surface area contributed by atoms with E-state index >= 15 is 0 Å². The maximum absolute atomic E-state index is 11.9. The van der Waals surface area contributed by atoms with E-state index in [9.17, 15) is 14.7 Å². The van der Waals surface area contributed by atoms with Crippen molar-refractivity contribution in [3.05, 3.63) is 45.3 Å². The maximum Gasteiger partial charge on any atom is 0.407 e. The zero-order valence-corrected chi connectivity index (χ0v) is 17.4. The number of benzene rings is 1. The van der Waals surface area contributed by atoms with Gasteiger partial charge in [0, 0.05) is 22.5 Å². The van der Waals surface area contributed by atoms with Crippen LogP contribution in [0.5, 0.6) is 0 Å². The number of aliphatic hydroxyl groups is 1. The molecular formula is C22H24ClNO5. The molecule has 1 aliphatic rings. The normalized spacial score (nSPS) is 21.9. The number of halogens is 1. The lowest BCUT2D eigenvalue weighted by Crippen LogP contribution is -2.44. The zero-order chi connectivity index (χ0) is 21.2. The molecule has 2 N–H and O–H groups in total. The van der Waals surface area contributed by atoms with E-state index in [2.05, 4.69) is 17.2 Å². The van der Waals surface area contributed by atoms with Crippen LogP contribution in [0.15, 0.2) is 33.5 Å². The summed E-state index contributed by atoms with van der Waals surface area (Å²) < 4.78 is 10.5. The Balaban J connectivity index is 1.71. The number of nitrogens with one attached hydrogen (secondary N) is 1. The summed E-state index contributed by atoms with van der Waals surface area (Å²) in [6.07, 6.45) is 1.51. The van der Waals surface area contributed by atoms with Crippen molar-refractivity contribution in [1.82, 2.24) is 5.32 Å². The summed E-state index contributed by atoms with van der Waals surface area (Å²) in [6, 6.07) is 6.17. The molecule has 0 aliphatic heterocycles. The quantitative estimate of drug-likeness (QED) is 0.540. The lowest BCUT2D eigenvalue weighted by Gasteiger charge is -2.33. The van der Waals surface area contributed by atoms with Crippen molar-refractivity contribution in [2.24, 2.45) is 0 Å². The largest absolute Gasteiger partial charge is 0.444 e. The molecule has 154 valence electrons. The standard InChI is InChI=1S/C22H24ClNO5/c1-21(2,3)29-20(26)24-17-7-10-22(27,11-8-17)9-6-15-13-16(23)12-14-4-5-18(25)28-19(14)15/h4-5,12-13,17,27H,7-8,10-11H2,1-3H3,(H,24,26)/t17-,22-. The molecule has 1 fully saturated rings. The van der Waals surface area contributed by atoms with Gasteiger partial charge in [0.15, 0.2) is 5.58 Å². The Hall–Kier alpha value is -2.49. The van der Waals surface area contributed by atoms with Gasteiger partial charge in [-0.3, -0.25) is 0 Å². The number of ether oxygens (including phenoxy) is 1. The number of amides is 1. The van der Waals surface area contributed by atoms with Crippen LogP contribution in [-0.4, -0.2) is 28.4 Å². The third kappa shape index (κ3) is 5.75. The molecule has 0 unspecified atom stereocenters. The Kier molecular flexibility index (Phi) is 5.92. The van der Waals surface area contributed by atoms with Gasteiger partial charge in [-0.25, -0.2) is 9.59 Å². The van der Waals surface area contributed by atoms with Gasteiger partial charge in [0.05, 0.1) is 5.56 Å². The van der Waals surface area contributed by atoms with Gasteiger partial charge in [-0.2, -0.15) is 0 Å². The fraction of sp³-hybridized carbons (Fsp3) is 0.455. The van der Waals surface area contributed by atoms with E-state index in [1.54, 1.807) is 18.2 Å². The average molecular weight is 418 g/mol. The number of hydrogen-bond donors (Lipinski definition) is 2. The smallest absolute Gasteiger partial charge is 0.407 e. The molecular weight excluding hydrogens is 394 g/mol. The van der Waals surface area contributed by atoms with Crippen molar-refractivity contribution >= 4 is 28.7 Å². The van der Waals surface area contributed by atoms with Crippen LogP contribution in [-0.2, 0) is 4.74 Å². The zero-order valence-electron chi connectivity index (χ0n) is 16.7.